The highest BCUT2D eigenvalue weighted by Gasteiger charge is 2.27. The van der Waals surface area contributed by atoms with Crippen molar-refractivity contribution < 1.29 is 22.7 Å². The summed E-state index contributed by atoms with van der Waals surface area (Å²) in [6, 6.07) is 9.02. The largest absolute Gasteiger partial charge is 0.495 e. The van der Waals surface area contributed by atoms with E-state index in [1.807, 2.05) is 0 Å². The minimum atomic E-state index is -3.97. The molecule has 2 aromatic carbocycles. The molecule has 0 bridgehead atoms. The molecule has 0 amide bonds. The fourth-order valence-electron chi connectivity index (χ4n) is 2.60. The highest BCUT2D eigenvalue weighted by molar-refractivity contribution is 7.92. The van der Waals surface area contributed by atoms with Gasteiger partial charge < -0.3 is 9.47 Å². The topological polar surface area (TPSA) is 72.9 Å². The second-order valence-electron chi connectivity index (χ2n) is 5.56. The fourth-order valence-corrected chi connectivity index (χ4v) is 4.44. The van der Waals surface area contributed by atoms with Gasteiger partial charge in [0, 0.05) is 0 Å². The summed E-state index contributed by atoms with van der Waals surface area (Å²) in [6.45, 7) is 5.31. The summed E-state index contributed by atoms with van der Waals surface area (Å²) in [5.41, 5.74) is 1.12. The summed E-state index contributed by atoms with van der Waals surface area (Å²) >= 11 is 6.09. The van der Waals surface area contributed by atoms with Gasteiger partial charge in [-0.15, -0.1) is 6.58 Å². The fraction of sp³-hybridized carbons (Fsp3) is 0.211. The number of rotatable bonds is 7. The molecule has 0 N–H and O–H groups in total. The molecular weight excluding hydrogens is 390 g/mol. The van der Waals surface area contributed by atoms with Crippen LogP contribution in [0.2, 0.25) is 5.02 Å². The van der Waals surface area contributed by atoms with Crippen molar-refractivity contribution in [3.63, 3.8) is 0 Å². The molecule has 0 heterocycles. The molecule has 2 aromatic rings. The lowest BCUT2D eigenvalue weighted by molar-refractivity contribution is 0.0600. The lowest BCUT2D eigenvalue weighted by Gasteiger charge is -2.25. The maximum atomic E-state index is 13.2. The molecule has 0 spiro atoms. The van der Waals surface area contributed by atoms with Crippen molar-refractivity contribution in [2.45, 2.75) is 11.8 Å². The normalized spacial score (nSPS) is 11.0. The first-order chi connectivity index (χ1) is 12.8. The molecule has 0 saturated carbocycles. The van der Waals surface area contributed by atoms with Crippen LogP contribution in [-0.4, -0.2) is 35.2 Å². The third kappa shape index (κ3) is 4.09. The zero-order valence-corrected chi connectivity index (χ0v) is 16.8. The molecular formula is C19H20ClNO5S. The van der Waals surface area contributed by atoms with Gasteiger partial charge in [-0.3, -0.25) is 4.31 Å². The first kappa shape index (κ1) is 20.8. The Morgan fingerprint density at radius 1 is 1.26 bits per heavy atom. The quantitative estimate of drug-likeness (QED) is 0.513. The summed E-state index contributed by atoms with van der Waals surface area (Å²) in [5.74, 6) is -0.174. The minimum absolute atomic E-state index is 0.00183. The Labute approximate surface area is 164 Å². The zero-order valence-electron chi connectivity index (χ0n) is 15.2. The summed E-state index contributed by atoms with van der Waals surface area (Å²) in [4.78, 5) is 12.0. The Morgan fingerprint density at radius 3 is 2.52 bits per heavy atom. The van der Waals surface area contributed by atoms with Crippen LogP contribution in [0.1, 0.15) is 15.9 Å². The number of carbonyl (C=O) groups excluding carboxylic acids is 1. The van der Waals surface area contributed by atoms with Crippen molar-refractivity contribution >= 4 is 33.3 Å². The van der Waals surface area contributed by atoms with Crippen molar-refractivity contribution in [2.75, 3.05) is 25.1 Å². The molecule has 0 aliphatic heterocycles. The van der Waals surface area contributed by atoms with Crippen LogP contribution in [-0.2, 0) is 14.8 Å². The molecule has 0 aliphatic carbocycles. The number of sulfonamides is 1. The predicted octanol–water partition coefficient (Wildman–Crippen LogP) is 3.82. The molecule has 8 heteroatoms. The SMILES string of the molecule is C=CCN(c1cccc(C(=O)OC)c1C)S(=O)(=O)c1ccc(OC)c(Cl)c1. The number of esters is 1. The van der Waals surface area contributed by atoms with E-state index in [2.05, 4.69) is 6.58 Å². The van der Waals surface area contributed by atoms with Crippen LogP contribution in [0.5, 0.6) is 5.75 Å². The van der Waals surface area contributed by atoms with E-state index in [1.54, 1.807) is 25.1 Å². The number of halogens is 1. The van der Waals surface area contributed by atoms with E-state index >= 15 is 0 Å². The van der Waals surface area contributed by atoms with Crippen molar-refractivity contribution in [3.8, 4) is 5.75 Å². The monoisotopic (exact) mass is 409 g/mol. The lowest BCUT2D eigenvalue weighted by Crippen LogP contribution is -2.32. The molecule has 0 fully saturated rings. The second-order valence-corrected chi connectivity index (χ2v) is 7.83. The van der Waals surface area contributed by atoms with E-state index in [-0.39, 0.29) is 22.0 Å². The molecule has 0 unspecified atom stereocenters. The van der Waals surface area contributed by atoms with Crippen LogP contribution in [0.4, 0.5) is 5.69 Å². The van der Waals surface area contributed by atoms with E-state index in [0.29, 0.717) is 17.0 Å². The number of ether oxygens (including phenoxy) is 2. The van der Waals surface area contributed by atoms with Gasteiger partial charge in [-0.1, -0.05) is 23.7 Å². The van der Waals surface area contributed by atoms with E-state index in [9.17, 15) is 13.2 Å². The van der Waals surface area contributed by atoms with Crippen molar-refractivity contribution in [3.05, 3.63) is 65.2 Å². The van der Waals surface area contributed by atoms with E-state index in [1.165, 1.54) is 42.8 Å². The predicted molar refractivity (Wildman–Crippen MR) is 105 cm³/mol. The number of carbonyl (C=O) groups is 1. The Bertz CT molecular complexity index is 972. The Kier molecular flexibility index (Phi) is 6.51. The number of benzene rings is 2. The molecule has 0 aromatic heterocycles. The number of hydrogen-bond acceptors (Lipinski definition) is 5. The average molecular weight is 410 g/mol. The summed E-state index contributed by atoms with van der Waals surface area (Å²) in [5, 5.41) is 0.178. The first-order valence-corrected chi connectivity index (χ1v) is 9.74. The van der Waals surface area contributed by atoms with Gasteiger partial charge in [0.25, 0.3) is 10.0 Å². The van der Waals surface area contributed by atoms with Crippen molar-refractivity contribution in [2.24, 2.45) is 0 Å². The number of methoxy groups -OCH3 is 2. The van der Waals surface area contributed by atoms with Crippen molar-refractivity contribution in [1.82, 2.24) is 0 Å². The Hall–Kier alpha value is -2.51. The number of hydrogen-bond donors (Lipinski definition) is 0. The molecule has 0 aliphatic rings. The minimum Gasteiger partial charge on any atom is -0.495 e. The van der Waals surface area contributed by atoms with E-state index < -0.39 is 16.0 Å². The van der Waals surface area contributed by atoms with Crippen LogP contribution >= 0.6 is 11.6 Å². The summed E-state index contributed by atoms with van der Waals surface area (Å²) in [6.07, 6.45) is 1.47. The maximum absolute atomic E-state index is 13.2. The van der Waals surface area contributed by atoms with Gasteiger partial charge in [-0.2, -0.15) is 0 Å². The van der Waals surface area contributed by atoms with Gasteiger partial charge >= 0.3 is 5.97 Å². The van der Waals surface area contributed by atoms with E-state index in [4.69, 9.17) is 21.1 Å². The van der Waals surface area contributed by atoms with Gasteiger partial charge in [-0.05, 0) is 42.8 Å². The smallest absolute Gasteiger partial charge is 0.338 e. The van der Waals surface area contributed by atoms with Crippen LogP contribution in [0.25, 0.3) is 0 Å². The number of nitrogens with zero attached hydrogens (tertiary/aromatic N) is 1. The Morgan fingerprint density at radius 2 is 1.96 bits per heavy atom. The van der Waals surface area contributed by atoms with Gasteiger partial charge in [0.15, 0.2) is 0 Å². The zero-order chi connectivity index (χ0) is 20.2. The highest BCUT2D eigenvalue weighted by atomic mass is 35.5. The standard InChI is InChI=1S/C19H20ClNO5S/c1-5-11-21(17-8-6-7-15(13(17)2)19(22)26-4)27(23,24)14-9-10-18(25-3)16(20)12-14/h5-10,12H,1,11H2,2-4H3. The average Bonchev–Trinajstić information content (AvgIpc) is 2.65. The number of anilines is 1. The molecule has 0 atom stereocenters. The Balaban J connectivity index is 2.62. The van der Waals surface area contributed by atoms with Gasteiger partial charge in [-0.25, -0.2) is 13.2 Å². The van der Waals surface area contributed by atoms with Crippen molar-refractivity contribution in [1.29, 1.82) is 0 Å². The second kappa shape index (κ2) is 8.45. The summed E-state index contributed by atoms with van der Waals surface area (Å²) in [7, 11) is -1.25. The molecule has 2 rings (SSSR count). The first-order valence-electron chi connectivity index (χ1n) is 7.93. The van der Waals surface area contributed by atoms with Gasteiger partial charge in [0.1, 0.15) is 5.75 Å². The lowest BCUT2D eigenvalue weighted by atomic mass is 10.1. The summed E-state index contributed by atoms with van der Waals surface area (Å²) < 4.78 is 37.5. The highest BCUT2D eigenvalue weighted by Crippen LogP contribution is 2.32. The molecule has 0 saturated heterocycles. The van der Waals surface area contributed by atoms with Crippen LogP contribution in [0.15, 0.2) is 53.9 Å². The molecule has 144 valence electrons. The van der Waals surface area contributed by atoms with Crippen LogP contribution < -0.4 is 9.04 Å². The molecule has 6 nitrogen and oxygen atoms in total. The van der Waals surface area contributed by atoms with Gasteiger partial charge in [0.2, 0.25) is 0 Å². The third-order valence-electron chi connectivity index (χ3n) is 3.99. The maximum Gasteiger partial charge on any atom is 0.338 e. The van der Waals surface area contributed by atoms with E-state index in [0.717, 1.165) is 0 Å². The molecule has 27 heavy (non-hydrogen) atoms. The molecule has 0 radical (unpaired) electrons. The van der Waals surface area contributed by atoms with Crippen LogP contribution in [0, 0.1) is 6.92 Å². The third-order valence-corrected chi connectivity index (χ3v) is 6.06. The van der Waals surface area contributed by atoms with Crippen LogP contribution in [0.3, 0.4) is 0 Å². The van der Waals surface area contributed by atoms with Gasteiger partial charge in [0.05, 0.1) is 41.9 Å².